The van der Waals surface area contributed by atoms with Gasteiger partial charge in [-0.3, -0.25) is 9.36 Å². The summed E-state index contributed by atoms with van der Waals surface area (Å²) < 4.78 is 4.01. The van der Waals surface area contributed by atoms with Gasteiger partial charge in [0.25, 0.3) is 0 Å². The van der Waals surface area contributed by atoms with Crippen molar-refractivity contribution in [1.82, 2.24) is 19.6 Å². The van der Waals surface area contributed by atoms with Gasteiger partial charge in [0.1, 0.15) is 0 Å². The average molecular weight is 273 g/mol. The largest absolute Gasteiger partial charge is 0.364 e. The summed E-state index contributed by atoms with van der Waals surface area (Å²) in [4.78, 5) is 0. The van der Waals surface area contributed by atoms with Gasteiger partial charge in [-0.1, -0.05) is 12.8 Å². The highest BCUT2D eigenvalue weighted by Crippen LogP contribution is 2.29. The van der Waals surface area contributed by atoms with Crippen molar-refractivity contribution in [1.29, 1.82) is 0 Å². The van der Waals surface area contributed by atoms with E-state index in [1.54, 1.807) is 0 Å². The summed E-state index contributed by atoms with van der Waals surface area (Å²) in [6, 6.07) is 0.610. The Labute approximate surface area is 120 Å². The Kier molecular flexibility index (Phi) is 3.51. The number of nitrogens with zero attached hydrogens (tertiary/aromatic N) is 4. The second-order valence-electron chi connectivity index (χ2n) is 5.85. The zero-order valence-electron chi connectivity index (χ0n) is 12.6. The number of rotatable bonds is 4. The zero-order valence-corrected chi connectivity index (χ0v) is 12.6. The summed E-state index contributed by atoms with van der Waals surface area (Å²) in [6.45, 7) is 4.95. The van der Waals surface area contributed by atoms with Crippen LogP contribution in [0, 0.1) is 13.8 Å². The minimum absolute atomic E-state index is 0.610. The number of nitrogens with one attached hydrogen (secondary N) is 1. The van der Waals surface area contributed by atoms with Gasteiger partial charge in [-0.05, 0) is 26.7 Å². The number of hydrogen-bond acceptors (Lipinski definition) is 3. The zero-order chi connectivity index (χ0) is 14.1. The van der Waals surface area contributed by atoms with Gasteiger partial charge < -0.3 is 5.32 Å². The Morgan fingerprint density at radius 2 is 1.95 bits per heavy atom. The SMILES string of the molecule is Cc1cn(C)nc1NCc1cn(C2CCCC2)nc1C. The normalized spacial score (nSPS) is 15.9. The summed E-state index contributed by atoms with van der Waals surface area (Å²) >= 11 is 0. The molecule has 0 aliphatic heterocycles. The fourth-order valence-electron chi connectivity index (χ4n) is 3.01. The summed E-state index contributed by atoms with van der Waals surface area (Å²) in [7, 11) is 1.95. The molecule has 0 amide bonds. The van der Waals surface area contributed by atoms with Gasteiger partial charge in [0.15, 0.2) is 5.82 Å². The van der Waals surface area contributed by atoms with E-state index in [0.29, 0.717) is 6.04 Å². The predicted octanol–water partition coefficient (Wildman–Crippen LogP) is 2.96. The molecule has 5 nitrogen and oxygen atoms in total. The van der Waals surface area contributed by atoms with Crippen molar-refractivity contribution in [2.45, 2.75) is 52.1 Å². The highest BCUT2D eigenvalue weighted by molar-refractivity contribution is 5.42. The molecular formula is C15H23N5. The molecule has 3 rings (SSSR count). The molecule has 0 radical (unpaired) electrons. The van der Waals surface area contributed by atoms with E-state index in [9.17, 15) is 0 Å². The van der Waals surface area contributed by atoms with Crippen molar-refractivity contribution >= 4 is 5.82 Å². The van der Waals surface area contributed by atoms with Crippen LogP contribution in [0.3, 0.4) is 0 Å². The standard InChI is InChI=1S/C15H23N5/c1-11-9-19(3)18-15(11)16-8-13-10-20(17-12(13)2)14-6-4-5-7-14/h9-10,14H,4-8H2,1-3H3,(H,16,18). The molecule has 2 aromatic rings. The Morgan fingerprint density at radius 1 is 1.20 bits per heavy atom. The first kappa shape index (κ1) is 13.2. The predicted molar refractivity (Wildman–Crippen MR) is 79.7 cm³/mol. The van der Waals surface area contributed by atoms with Gasteiger partial charge >= 0.3 is 0 Å². The maximum atomic E-state index is 4.68. The lowest BCUT2D eigenvalue weighted by Gasteiger charge is -2.08. The lowest BCUT2D eigenvalue weighted by atomic mass is 10.2. The first-order valence-corrected chi connectivity index (χ1v) is 7.42. The van der Waals surface area contributed by atoms with Gasteiger partial charge in [0, 0.05) is 37.1 Å². The molecule has 0 unspecified atom stereocenters. The van der Waals surface area contributed by atoms with Crippen LogP contribution in [0.5, 0.6) is 0 Å². The fraction of sp³-hybridized carbons (Fsp3) is 0.600. The number of hydrogen-bond donors (Lipinski definition) is 1. The van der Waals surface area contributed by atoms with E-state index in [1.807, 2.05) is 17.9 Å². The van der Waals surface area contributed by atoms with E-state index >= 15 is 0 Å². The van der Waals surface area contributed by atoms with Gasteiger partial charge in [-0.15, -0.1) is 0 Å². The monoisotopic (exact) mass is 273 g/mol. The maximum absolute atomic E-state index is 4.68. The summed E-state index contributed by atoms with van der Waals surface area (Å²) in [6.07, 6.45) is 9.45. The Morgan fingerprint density at radius 3 is 2.60 bits per heavy atom. The molecule has 1 saturated carbocycles. The average Bonchev–Trinajstić information content (AvgIpc) is 3.08. The number of anilines is 1. The lowest BCUT2D eigenvalue weighted by molar-refractivity contribution is 0.464. The van der Waals surface area contributed by atoms with Gasteiger partial charge in [0.2, 0.25) is 0 Å². The van der Waals surface area contributed by atoms with Crippen LogP contribution in [0.2, 0.25) is 0 Å². The van der Waals surface area contributed by atoms with E-state index in [-0.39, 0.29) is 0 Å². The van der Waals surface area contributed by atoms with E-state index in [0.717, 1.165) is 18.1 Å². The van der Waals surface area contributed by atoms with Crippen molar-refractivity contribution in [3.05, 3.63) is 29.2 Å². The third-order valence-electron chi connectivity index (χ3n) is 4.18. The van der Waals surface area contributed by atoms with Gasteiger partial charge in [-0.25, -0.2) is 0 Å². The van der Waals surface area contributed by atoms with Crippen LogP contribution < -0.4 is 5.32 Å². The molecular weight excluding hydrogens is 250 g/mol. The lowest BCUT2D eigenvalue weighted by Crippen LogP contribution is -2.05. The second kappa shape index (κ2) is 5.31. The van der Waals surface area contributed by atoms with Crippen LogP contribution in [-0.4, -0.2) is 19.6 Å². The minimum Gasteiger partial charge on any atom is -0.364 e. The van der Waals surface area contributed by atoms with Crippen molar-refractivity contribution in [2.75, 3.05) is 5.32 Å². The van der Waals surface area contributed by atoms with E-state index < -0.39 is 0 Å². The van der Waals surface area contributed by atoms with Crippen LogP contribution in [0.25, 0.3) is 0 Å². The van der Waals surface area contributed by atoms with Gasteiger partial charge in [-0.2, -0.15) is 10.2 Å². The van der Waals surface area contributed by atoms with Crippen molar-refractivity contribution < 1.29 is 0 Å². The summed E-state index contributed by atoms with van der Waals surface area (Å²) in [5.41, 5.74) is 3.56. The van der Waals surface area contributed by atoms with E-state index in [2.05, 4.69) is 40.2 Å². The molecule has 0 atom stereocenters. The van der Waals surface area contributed by atoms with E-state index in [4.69, 9.17) is 0 Å². The highest BCUT2D eigenvalue weighted by atomic mass is 15.3. The molecule has 20 heavy (non-hydrogen) atoms. The quantitative estimate of drug-likeness (QED) is 0.931. The van der Waals surface area contributed by atoms with Crippen LogP contribution in [0.1, 0.15) is 48.5 Å². The fourth-order valence-corrected chi connectivity index (χ4v) is 3.01. The van der Waals surface area contributed by atoms with E-state index in [1.165, 1.54) is 36.8 Å². The van der Waals surface area contributed by atoms with Crippen molar-refractivity contribution in [3.8, 4) is 0 Å². The third kappa shape index (κ3) is 2.57. The first-order valence-electron chi connectivity index (χ1n) is 7.42. The van der Waals surface area contributed by atoms with Crippen LogP contribution >= 0.6 is 0 Å². The Hall–Kier alpha value is -1.78. The van der Waals surface area contributed by atoms with Crippen LogP contribution in [-0.2, 0) is 13.6 Å². The Bertz CT molecular complexity index is 589. The molecule has 5 heteroatoms. The van der Waals surface area contributed by atoms with Crippen molar-refractivity contribution in [3.63, 3.8) is 0 Å². The second-order valence-corrected chi connectivity index (χ2v) is 5.85. The smallest absolute Gasteiger partial charge is 0.151 e. The molecule has 0 aromatic carbocycles. The molecule has 1 aliphatic carbocycles. The molecule has 0 bridgehead atoms. The maximum Gasteiger partial charge on any atom is 0.151 e. The van der Waals surface area contributed by atoms with Crippen LogP contribution in [0.15, 0.2) is 12.4 Å². The number of aromatic nitrogens is 4. The summed E-state index contributed by atoms with van der Waals surface area (Å²) in [5, 5.41) is 12.5. The molecule has 0 spiro atoms. The van der Waals surface area contributed by atoms with Gasteiger partial charge in [0.05, 0.1) is 11.7 Å². The molecule has 1 fully saturated rings. The molecule has 2 heterocycles. The molecule has 1 aliphatic rings. The topological polar surface area (TPSA) is 47.7 Å². The van der Waals surface area contributed by atoms with Crippen molar-refractivity contribution in [2.24, 2.45) is 7.05 Å². The minimum atomic E-state index is 0.610. The molecule has 1 N–H and O–H groups in total. The first-order chi connectivity index (χ1) is 9.63. The summed E-state index contributed by atoms with van der Waals surface area (Å²) in [5.74, 6) is 0.959. The number of aryl methyl sites for hydroxylation is 3. The highest BCUT2D eigenvalue weighted by Gasteiger charge is 2.18. The molecule has 108 valence electrons. The Balaban J connectivity index is 1.69. The van der Waals surface area contributed by atoms with Crippen LogP contribution in [0.4, 0.5) is 5.82 Å². The third-order valence-corrected chi connectivity index (χ3v) is 4.18. The molecule has 2 aromatic heterocycles. The molecule has 0 saturated heterocycles.